The van der Waals surface area contributed by atoms with Gasteiger partial charge in [0.15, 0.2) is 0 Å². The van der Waals surface area contributed by atoms with Crippen molar-refractivity contribution in [1.82, 2.24) is 4.90 Å². The van der Waals surface area contributed by atoms with Crippen LogP contribution in [0.25, 0.3) is 10.1 Å². The predicted octanol–water partition coefficient (Wildman–Crippen LogP) is 3.25. The average molecular weight is 283 g/mol. The highest BCUT2D eigenvalue weighted by atomic mass is 35.5. The lowest BCUT2D eigenvalue weighted by atomic mass is 10.1. The van der Waals surface area contributed by atoms with Crippen molar-refractivity contribution in [3.05, 3.63) is 35.2 Å². The van der Waals surface area contributed by atoms with Crippen LogP contribution in [0.5, 0.6) is 0 Å². The molecule has 1 saturated heterocycles. The number of fused-ring (bicyclic) bond motifs is 1. The van der Waals surface area contributed by atoms with Crippen molar-refractivity contribution in [1.29, 1.82) is 0 Å². The summed E-state index contributed by atoms with van der Waals surface area (Å²) in [5.74, 6) is 0. The van der Waals surface area contributed by atoms with Gasteiger partial charge in [0.2, 0.25) is 0 Å². The van der Waals surface area contributed by atoms with Gasteiger partial charge in [0.05, 0.1) is 0 Å². The molecular formula is C14H19ClN2S. The fourth-order valence-corrected chi connectivity index (χ4v) is 3.70. The summed E-state index contributed by atoms with van der Waals surface area (Å²) in [5, 5.41) is 3.72. The van der Waals surface area contributed by atoms with E-state index in [2.05, 4.69) is 34.5 Å². The van der Waals surface area contributed by atoms with Gasteiger partial charge in [-0.2, -0.15) is 0 Å². The molecule has 1 aromatic heterocycles. The maximum absolute atomic E-state index is 5.83. The van der Waals surface area contributed by atoms with Gasteiger partial charge in [-0.15, -0.1) is 23.7 Å². The van der Waals surface area contributed by atoms with E-state index in [0.29, 0.717) is 6.04 Å². The third-order valence-electron chi connectivity index (χ3n) is 3.71. The minimum Gasteiger partial charge on any atom is -0.329 e. The maximum atomic E-state index is 5.83. The molecular weight excluding hydrogens is 264 g/mol. The smallest absolute Gasteiger partial charge is 0.0346 e. The van der Waals surface area contributed by atoms with Crippen LogP contribution in [0.1, 0.15) is 18.4 Å². The zero-order chi connectivity index (χ0) is 11.7. The van der Waals surface area contributed by atoms with E-state index < -0.39 is 0 Å². The van der Waals surface area contributed by atoms with Crippen LogP contribution in [0, 0.1) is 0 Å². The van der Waals surface area contributed by atoms with Crippen LogP contribution in [0.2, 0.25) is 0 Å². The molecule has 2 N–H and O–H groups in total. The third-order valence-corrected chi connectivity index (χ3v) is 4.72. The van der Waals surface area contributed by atoms with E-state index in [4.69, 9.17) is 5.73 Å². The first-order valence-corrected chi connectivity index (χ1v) is 7.15. The van der Waals surface area contributed by atoms with E-state index in [9.17, 15) is 0 Å². The van der Waals surface area contributed by atoms with Crippen molar-refractivity contribution in [2.75, 3.05) is 13.1 Å². The molecule has 1 atom stereocenters. The van der Waals surface area contributed by atoms with Crippen molar-refractivity contribution in [3.63, 3.8) is 0 Å². The number of nitrogens with two attached hydrogens (primary N) is 1. The number of hydrogen-bond donors (Lipinski definition) is 1. The van der Waals surface area contributed by atoms with E-state index >= 15 is 0 Å². The molecule has 0 amide bonds. The Balaban J connectivity index is 0.00000120. The van der Waals surface area contributed by atoms with Crippen molar-refractivity contribution in [2.45, 2.75) is 25.4 Å². The molecule has 0 radical (unpaired) electrons. The number of likely N-dealkylation sites (tertiary alicyclic amines) is 1. The van der Waals surface area contributed by atoms with E-state index in [-0.39, 0.29) is 12.4 Å². The topological polar surface area (TPSA) is 29.3 Å². The molecule has 0 aliphatic carbocycles. The van der Waals surface area contributed by atoms with E-state index in [1.54, 1.807) is 0 Å². The van der Waals surface area contributed by atoms with Gasteiger partial charge < -0.3 is 5.73 Å². The molecule has 2 aromatic rings. The fraction of sp³-hybridized carbons (Fsp3) is 0.429. The van der Waals surface area contributed by atoms with Crippen LogP contribution in [-0.2, 0) is 6.54 Å². The van der Waals surface area contributed by atoms with Gasteiger partial charge in [0.25, 0.3) is 0 Å². The van der Waals surface area contributed by atoms with Gasteiger partial charge in [-0.25, -0.2) is 0 Å². The largest absolute Gasteiger partial charge is 0.329 e. The van der Waals surface area contributed by atoms with E-state index in [0.717, 1.165) is 13.1 Å². The summed E-state index contributed by atoms with van der Waals surface area (Å²) < 4.78 is 1.39. The minimum atomic E-state index is 0. The zero-order valence-electron chi connectivity index (χ0n) is 10.3. The Morgan fingerprint density at radius 1 is 1.33 bits per heavy atom. The first-order valence-electron chi connectivity index (χ1n) is 6.27. The maximum Gasteiger partial charge on any atom is 0.0346 e. The Hall–Kier alpha value is -0.610. The standard InChI is InChI=1S/C14H18N2S.ClH/c15-8-12-4-3-7-16(12)9-11-10-17-14-6-2-1-5-13(11)14;/h1-2,5-6,10,12H,3-4,7-9,15H2;1H. The molecule has 1 aromatic carbocycles. The molecule has 0 saturated carbocycles. The van der Waals surface area contributed by atoms with Gasteiger partial charge in [-0.3, -0.25) is 4.90 Å². The molecule has 98 valence electrons. The Bertz CT molecular complexity index is 511. The lowest BCUT2D eigenvalue weighted by molar-refractivity contribution is 0.251. The van der Waals surface area contributed by atoms with Crippen molar-refractivity contribution in [2.24, 2.45) is 5.73 Å². The summed E-state index contributed by atoms with van der Waals surface area (Å²) in [4.78, 5) is 2.54. The van der Waals surface area contributed by atoms with Gasteiger partial charge in [-0.1, -0.05) is 18.2 Å². The number of benzene rings is 1. The van der Waals surface area contributed by atoms with E-state index in [1.807, 2.05) is 11.3 Å². The van der Waals surface area contributed by atoms with Crippen LogP contribution >= 0.6 is 23.7 Å². The second-order valence-electron chi connectivity index (χ2n) is 4.76. The van der Waals surface area contributed by atoms with Gasteiger partial charge in [-0.05, 0) is 41.8 Å². The summed E-state index contributed by atoms with van der Waals surface area (Å²) >= 11 is 1.85. The Morgan fingerprint density at radius 2 is 2.17 bits per heavy atom. The third kappa shape index (κ3) is 2.54. The Morgan fingerprint density at radius 3 is 3.00 bits per heavy atom. The number of thiophene rings is 1. The second kappa shape index (κ2) is 6.02. The molecule has 1 fully saturated rings. The van der Waals surface area contributed by atoms with Crippen LogP contribution in [0.15, 0.2) is 29.6 Å². The van der Waals surface area contributed by atoms with Crippen LogP contribution < -0.4 is 5.73 Å². The highest BCUT2D eigenvalue weighted by molar-refractivity contribution is 7.17. The molecule has 18 heavy (non-hydrogen) atoms. The summed E-state index contributed by atoms with van der Waals surface area (Å²) in [6.07, 6.45) is 2.56. The predicted molar refractivity (Wildman–Crippen MR) is 81.6 cm³/mol. The minimum absolute atomic E-state index is 0. The van der Waals surface area contributed by atoms with Crippen molar-refractivity contribution < 1.29 is 0 Å². The molecule has 4 heteroatoms. The number of halogens is 1. The molecule has 0 bridgehead atoms. The fourth-order valence-electron chi connectivity index (χ4n) is 2.74. The molecule has 3 rings (SSSR count). The van der Waals surface area contributed by atoms with Crippen molar-refractivity contribution >= 4 is 33.8 Å². The summed E-state index contributed by atoms with van der Waals surface area (Å²) in [6, 6.07) is 9.26. The SMILES string of the molecule is Cl.NCC1CCCN1Cc1csc2ccccc12. The zero-order valence-corrected chi connectivity index (χ0v) is 12.0. The Labute approximate surface area is 118 Å². The highest BCUT2D eigenvalue weighted by Gasteiger charge is 2.23. The molecule has 2 heterocycles. The first kappa shape index (κ1) is 13.8. The highest BCUT2D eigenvalue weighted by Crippen LogP contribution is 2.28. The summed E-state index contributed by atoms with van der Waals surface area (Å²) in [5.41, 5.74) is 7.29. The quantitative estimate of drug-likeness (QED) is 0.936. The number of nitrogens with zero attached hydrogens (tertiary/aromatic N) is 1. The van der Waals surface area contributed by atoms with Gasteiger partial charge in [0.1, 0.15) is 0 Å². The first-order chi connectivity index (χ1) is 8.38. The average Bonchev–Trinajstić information content (AvgIpc) is 2.97. The Kier molecular flexibility index (Phi) is 4.62. The molecule has 1 aliphatic rings. The molecule has 0 spiro atoms. The van der Waals surface area contributed by atoms with Crippen LogP contribution in [0.4, 0.5) is 0 Å². The van der Waals surface area contributed by atoms with Gasteiger partial charge in [0, 0.05) is 23.8 Å². The van der Waals surface area contributed by atoms with Crippen molar-refractivity contribution in [3.8, 4) is 0 Å². The lowest BCUT2D eigenvalue weighted by Gasteiger charge is -2.22. The second-order valence-corrected chi connectivity index (χ2v) is 5.67. The lowest BCUT2D eigenvalue weighted by Crippen LogP contribution is -2.34. The van der Waals surface area contributed by atoms with E-state index in [1.165, 1.54) is 35.0 Å². The van der Waals surface area contributed by atoms with Gasteiger partial charge >= 0.3 is 0 Å². The molecule has 2 nitrogen and oxygen atoms in total. The van der Waals surface area contributed by atoms with Crippen LogP contribution in [0.3, 0.4) is 0 Å². The molecule has 1 unspecified atom stereocenters. The molecule has 1 aliphatic heterocycles. The number of rotatable bonds is 3. The van der Waals surface area contributed by atoms with Crippen LogP contribution in [-0.4, -0.2) is 24.0 Å². The monoisotopic (exact) mass is 282 g/mol. The normalized spacial score (nSPS) is 20.2. The summed E-state index contributed by atoms with van der Waals surface area (Å²) in [6.45, 7) is 3.06. The number of hydrogen-bond acceptors (Lipinski definition) is 3. The summed E-state index contributed by atoms with van der Waals surface area (Å²) in [7, 11) is 0.